The summed E-state index contributed by atoms with van der Waals surface area (Å²) in [4.78, 5) is 0.726. The molecule has 1 fully saturated rings. The normalized spacial score (nSPS) is 27.3. The monoisotopic (exact) mass is 266 g/mol. The SMILES string of the molecule is Cc1ccccc1C1CCCCC(Br)C1. The van der Waals surface area contributed by atoms with Gasteiger partial charge in [-0.05, 0) is 43.2 Å². The lowest BCUT2D eigenvalue weighted by atomic mass is 9.89. The molecule has 0 nitrogen and oxygen atoms in total. The molecule has 2 atom stereocenters. The molecule has 2 unspecified atom stereocenters. The summed E-state index contributed by atoms with van der Waals surface area (Å²) in [7, 11) is 0. The van der Waals surface area contributed by atoms with Crippen molar-refractivity contribution in [2.24, 2.45) is 0 Å². The highest BCUT2D eigenvalue weighted by Gasteiger charge is 2.20. The van der Waals surface area contributed by atoms with Crippen LogP contribution in [0.15, 0.2) is 24.3 Å². The molecular weight excluding hydrogens is 248 g/mol. The Morgan fingerprint density at radius 1 is 1.13 bits per heavy atom. The average molecular weight is 267 g/mol. The van der Waals surface area contributed by atoms with Crippen molar-refractivity contribution < 1.29 is 0 Å². The third-order valence-electron chi connectivity index (χ3n) is 3.49. The second kappa shape index (κ2) is 5.16. The summed E-state index contributed by atoms with van der Waals surface area (Å²) in [5.41, 5.74) is 3.04. The standard InChI is InChI=1S/C14H19Br/c1-11-6-2-5-9-14(11)12-7-3-4-8-13(15)10-12/h2,5-6,9,12-13H,3-4,7-8,10H2,1H3. The molecule has 15 heavy (non-hydrogen) atoms. The van der Waals surface area contributed by atoms with Gasteiger partial charge in [0.1, 0.15) is 0 Å². The van der Waals surface area contributed by atoms with Gasteiger partial charge in [0.25, 0.3) is 0 Å². The van der Waals surface area contributed by atoms with E-state index in [1.807, 2.05) is 0 Å². The van der Waals surface area contributed by atoms with Gasteiger partial charge in [-0.1, -0.05) is 53.0 Å². The van der Waals surface area contributed by atoms with Crippen LogP contribution >= 0.6 is 15.9 Å². The van der Waals surface area contributed by atoms with Gasteiger partial charge in [-0.2, -0.15) is 0 Å². The largest absolute Gasteiger partial charge is 0.0890 e. The van der Waals surface area contributed by atoms with Gasteiger partial charge >= 0.3 is 0 Å². The summed E-state index contributed by atoms with van der Waals surface area (Å²) in [6.07, 6.45) is 6.81. The number of benzene rings is 1. The third kappa shape index (κ3) is 2.84. The molecule has 1 aliphatic carbocycles. The Labute approximate surface area is 101 Å². The number of halogens is 1. The summed E-state index contributed by atoms with van der Waals surface area (Å²) in [6, 6.07) is 8.87. The molecule has 0 aromatic heterocycles. The lowest BCUT2D eigenvalue weighted by Crippen LogP contribution is -2.05. The maximum atomic E-state index is 3.80. The first-order valence-electron chi connectivity index (χ1n) is 5.97. The molecule has 0 radical (unpaired) electrons. The number of hydrogen-bond acceptors (Lipinski definition) is 0. The summed E-state index contributed by atoms with van der Waals surface area (Å²) in [5, 5.41) is 0. The summed E-state index contributed by atoms with van der Waals surface area (Å²) >= 11 is 3.80. The molecule has 2 rings (SSSR count). The van der Waals surface area contributed by atoms with Crippen molar-refractivity contribution in [1.82, 2.24) is 0 Å². The van der Waals surface area contributed by atoms with Gasteiger partial charge in [-0.3, -0.25) is 0 Å². The van der Waals surface area contributed by atoms with Crippen LogP contribution in [-0.2, 0) is 0 Å². The second-order valence-corrected chi connectivity index (χ2v) is 5.97. The molecule has 0 heterocycles. The van der Waals surface area contributed by atoms with Crippen LogP contribution in [0.4, 0.5) is 0 Å². The molecule has 0 spiro atoms. The van der Waals surface area contributed by atoms with E-state index >= 15 is 0 Å². The molecule has 0 N–H and O–H groups in total. The van der Waals surface area contributed by atoms with Crippen LogP contribution < -0.4 is 0 Å². The molecule has 1 saturated carbocycles. The molecule has 82 valence electrons. The molecule has 1 aromatic carbocycles. The van der Waals surface area contributed by atoms with Crippen molar-refractivity contribution in [2.75, 3.05) is 0 Å². The van der Waals surface area contributed by atoms with E-state index in [9.17, 15) is 0 Å². The Morgan fingerprint density at radius 3 is 2.67 bits per heavy atom. The lowest BCUT2D eigenvalue weighted by molar-refractivity contribution is 0.597. The van der Waals surface area contributed by atoms with E-state index in [-0.39, 0.29) is 0 Å². The fourth-order valence-electron chi connectivity index (χ4n) is 2.63. The maximum absolute atomic E-state index is 3.80. The zero-order valence-electron chi connectivity index (χ0n) is 9.38. The van der Waals surface area contributed by atoms with E-state index in [4.69, 9.17) is 0 Å². The smallest absolute Gasteiger partial charge is 0.0151 e. The average Bonchev–Trinajstić information content (AvgIpc) is 2.43. The topological polar surface area (TPSA) is 0 Å². The molecular formula is C14H19Br. The van der Waals surface area contributed by atoms with Gasteiger partial charge < -0.3 is 0 Å². The molecule has 0 amide bonds. The van der Waals surface area contributed by atoms with Crippen molar-refractivity contribution in [1.29, 1.82) is 0 Å². The van der Waals surface area contributed by atoms with Crippen LogP contribution in [0.5, 0.6) is 0 Å². The van der Waals surface area contributed by atoms with Gasteiger partial charge in [-0.15, -0.1) is 0 Å². The lowest BCUT2D eigenvalue weighted by Gasteiger charge is -2.18. The Bertz CT molecular complexity index is 319. The molecule has 0 aliphatic heterocycles. The van der Waals surface area contributed by atoms with Crippen LogP contribution in [0.1, 0.15) is 49.1 Å². The fourth-order valence-corrected chi connectivity index (χ4v) is 3.40. The highest BCUT2D eigenvalue weighted by Crippen LogP contribution is 2.35. The Kier molecular flexibility index (Phi) is 3.85. The maximum Gasteiger partial charge on any atom is 0.0151 e. The first-order valence-corrected chi connectivity index (χ1v) is 6.88. The zero-order chi connectivity index (χ0) is 10.7. The van der Waals surface area contributed by atoms with E-state index in [1.165, 1.54) is 37.7 Å². The van der Waals surface area contributed by atoms with Gasteiger partial charge in [0.15, 0.2) is 0 Å². The van der Waals surface area contributed by atoms with Crippen LogP contribution in [0.2, 0.25) is 0 Å². The van der Waals surface area contributed by atoms with E-state index in [2.05, 4.69) is 47.1 Å². The molecule has 0 bridgehead atoms. The predicted molar refractivity (Wildman–Crippen MR) is 69.7 cm³/mol. The van der Waals surface area contributed by atoms with Crippen molar-refractivity contribution in [3.8, 4) is 0 Å². The quantitative estimate of drug-likeness (QED) is 0.506. The Balaban J connectivity index is 2.18. The highest BCUT2D eigenvalue weighted by atomic mass is 79.9. The highest BCUT2D eigenvalue weighted by molar-refractivity contribution is 9.09. The van der Waals surface area contributed by atoms with Crippen molar-refractivity contribution >= 4 is 15.9 Å². The Hall–Kier alpha value is -0.300. The van der Waals surface area contributed by atoms with Gasteiger partial charge in [0, 0.05) is 4.83 Å². The van der Waals surface area contributed by atoms with Crippen molar-refractivity contribution in [3.05, 3.63) is 35.4 Å². The van der Waals surface area contributed by atoms with E-state index in [1.54, 1.807) is 5.56 Å². The Morgan fingerprint density at radius 2 is 1.87 bits per heavy atom. The van der Waals surface area contributed by atoms with E-state index in [0.717, 1.165) is 10.7 Å². The minimum absolute atomic E-state index is 0.726. The first-order chi connectivity index (χ1) is 7.27. The molecule has 1 aromatic rings. The van der Waals surface area contributed by atoms with Crippen LogP contribution in [0.25, 0.3) is 0 Å². The van der Waals surface area contributed by atoms with Crippen LogP contribution in [-0.4, -0.2) is 4.83 Å². The number of rotatable bonds is 1. The minimum atomic E-state index is 0.726. The van der Waals surface area contributed by atoms with Gasteiger partial charge in [0.05, 0.1) is 0 Å². The number of aryl methyl sites for hydroxylation is 1. The second-order valence-electron chi connectivity index (χ2n) is 4.67. The summed E-state index contributed by atoms with van der Waals surface area (Å²) < 4.78 is 0. The predicted octanol–water partition coefficient (Wildman–Crippen LogP) is 4.81. The third-order valence-corrected chi connectivity index (χ3v) is 4.32. The molecule has 1 heteroatoms. The van der Waals surface area contributed by atoms with Gasteiger partial charge in [-0.25, -0.2) is 0 Å². The van der Waals surface area contributed by atoms with Crippen LogP contribution in [0, 0.1) is 6.92 Å². The number of hydrogen-bond donors (Lipinski definition) is 0. The van der Waals surface area contributed by atoms with Gasteiger partial charge in [0.2, 0.25) is 0 Å². The van der Waals surface area contributed by atoms with Crippen LogP contribution in [0.3, 0.4) is 0 Å². The van der Waals surface area contributed by atoms with Crippen molar-refractivity contribution in [2.45, 2.75) is 49.8 Å². The fraction of sp³-hybridized carbons (Fsp3) is 0.571. The summed E-state index contributed by atoms with van der Waals surface area (Å²) in [5.74, 6) is 0.776. The van der Waals surface area contributed by atoms with E-state index < -0.39 is 0 Å². The molecule has 0 saturated heterocycles. The first kappa shape index (κ1) is 11.2. The zero-order valence-corrected chi connectivity index (χ0v) is 11.0. The molecule has 1 aliphatic rings. The summed E-state index contributed by atoms with van der Waals surface area (Å²) in [6.45, 7) is 2.24. The minimum Gasteiger partial charge on any atom is -0.0890 e. The number of alkyl halides is 1. The van der Waals surface area contributed by atoms with Crippen molar-refractivity contribution in [3.63, 3.8) is 0 Å². The van der Waals surface area contributed by atoms with E-state index in [0.29, 0.717) is 0 Å².